The van der Waals surface area contributed by atoms with E-state index >= 15 is 0 Å². The SMILES string of the molecule is COC1C=C2C(=O)N3CCC[C@H]3C=NC2=CC1(C)O. The summed E-state index contributed by atoms with van der Waals surface area (Å²) in [6, 6.07) is 0.0887. The van der Waals surface area contributed by atoms with E-state index < -0.39 is 11.7 Å². The molecule has 1 fully saturated rings. The number of aliphatic hydroxyl groups is 1. The minimum atomic E-state index is -1.14. The van der Waals surface area contributed by atoms with Crippen molar-refractivity contribution in [2.75, 3.05) is 13.7 Å². The molecule has 0 aromatic carbocycles. The highest BCUT2D eigenvalue weighted by atomic mass is 16.5. The lowest BCUT2D eigenvalue weighted by atomic mass is 9.88. The van der Waals surface area contributed by atoms with Crippen molar-refractivity contribution < 1.29 is 14.6 Å². The fourth-order valence-electron chi connectivity index (χ4n) is 2.96. The van der Waals surface area contributed by atoms with Crippen LogP contribution in [0.3, 0.4) is 0 Å². The van der Waals surface area contributed by atoms with Gasteiger partial charge in [0.2, 0.25) is 0 Å². The van der Waals surface area contributed by atoms with Gasteiger partial charge in [-0.3, -0.25) is 9.79 Å². The minimum absolute atomic E-state index is 0.0104. The van der Waals surface area contributed by atoms with Gasteiger partial charge in [0.25, 0.3) is 5.91 Å². The fourth-order valence-corrected chi connectivity index (χ4v) is 2.96. The first-order valence-corrected chi connectivity index (χ1v) is 6.58. The molecule has 2 heterocycles. The maximum Gasteiger partial charge on any atom is 0.256 e. The van der Waals surface area contributed by atoms with Gasteiger partial charge in [0, 0.05) is 19.9 Å². The van der Waals surface area contributed by atoms with Crippen LogP contribution >= 0.6 is 0 Å². The predicted molar refractivity (Wildman–Crippen MR) is 70.8 cm³/mol. The predicted octanol–water partition coefficient (Wildman–Crippen LogP) is 0.652. The van der Waals surface area contributed by atoms with Crippen molar-refractivity contribution in [1.82, 2.24) is 4.90 Å². The van der Waals surface area contributed by atoms with Crippen LogP contribution in [-0.2, 0) is 9.53 Å². The number of fused-ring (bicyclic) bond motifs is 2. The zero-order valence-electron chi connectivity index (χ0n) is 11.2. The number of hydrogen-bond acceptors (Lipinski definition) is 4. The monoisotopic (exact) mass is 262 g/mol. The summed E-state index contributed by atoms with van der Waals surface area (Å²) in [6.07, 6.45) is 6.58. The first kappa shape index (κ1) is 12.6. The number of ether oxygens (including phenoxy) is 1. The number of amides is 1. The van der Waals surface area contributed by atoms with Crippen LogP contribution in [-0.4, -0.2) is 53.5 Å². The number of aliphatic imine (C=N–C) groups is 1. The number of rotatable bonds is 1. The molecule has 0 radical (unpaired) electrons. The van der Waals surface area contributed by atoms with E-state index in [1.807, 2.05) is 11.1 Å². The molecule has 1 saturated heterocycles. The van der Waals surface area contributed by atoms with Crippen LogP contribution in [0.15, 0.2) is 28.4 Å². The summed E-state index contributed by atoms with van der Waals surface area (Å²) in [5.41, 5.74) is -0.0447. The Bertz CT molecular complexity index is 505. The average Bonchev–Trinajstić information content (AvgIpc) is 2.78. The van der Waals surface area contributed by atoms with Crippen LogP contribution in [0.2, 0.25) is 0 Å². The van der Waals surface area contributed by atoms with Gasteiger partial charge in [-0.2, -0.15) is 0 Å². The molecule has 0 bridgehead atoms. The molecule has 3 aliphatic rings. The van der Waals surface area contributed by atoms with Crippen LogP contribution < -0.4 is 0 Å². The Morgan fingerprint density at radius 3 is 3.11 bits per heavy atom. The maximum atomic E-state index is 12.5. The van der Waals surface area contributed by atoms with Gasteiger partial charge >= 0.3 is 0 Å². The Morgan fingerprint density at radius 2 is 2.37 bits per heavy atom. The summed E-state index contributed by atoms with van der Waals surface area (Å²) in [4.78, 5) is 18.8. The second-order valence-corrected chi connectivity index (χ2v) is 5.48. The van der Waals surface area contributed by atoms with Gasteiger partial charge in [0.05, 0.1) is 17.3 Å². The third kappa shape index (κ3) is 1.93. The molecule has 2 aliphatic heterocycles. The Labute approximate surface area is 112 Å². The van der Waals surface area contributed by atoms with Crippen molar-refractivity contribution >= 4 is 12.1 Å². The molecule has 3 rings (SSSR count). The molecule has 5 nitrogen and oxygen atoms in total. The van der Waals surface area contributed by atoms with Gasteiger partial charge in [-0.15, -0.1) is 0 Å². The van der Waals surface area contributed by atoms with Crippen molar-refractivity contribution in [1.29, 1.82) is 0 Å². The normalized spacial score (nSPS) is 37.4. The highest BCUT2D eigenvalue weighted by molar-refractivity contribution is 6.01. The smallest absolute Gasteiger partial charge is 0.256 e. The van der Waals surface area contributed by atoms with Crippen LogP contribution in [0.25, 0.3) is 0 Å². The van der Waals surface area contributed by atoms with E-state index in [0.29, 0.717) is 11.3 Å². The molecule has 1 aliphatic carbocycles. The Morgan fingerprint density at radius 1 is 1.58 bits per heavy atom. The zero-order valence-corrected chi connectivity index (χ0v) is 11.2. The van der Waals surface area contributed by atoms with Gasteiger partial charge < -0.3 is 14.7 Å². The molecule has 1 N–H and O–H groups in total. The van der Waals surface area contributed by atoms with E-state index in [-0.39, 0.29) is 11.9 Å². The van der Waals surface area contributed by atoms with E-state index in [9.17, 15) is 9.90 Å². The largest absolute Gasteiger partial charge is 0.383 e. The highest BCUT2D eigenvalue weighted by Crippen LogP contribution is 2.33. The molecule has 1 amide bonds. The molecule has 0 aromatic rings. The molecular formula is C14H18N2O3. The van der Waals surface area contributed by atoms with Crippen LogP contribution in [0.1, 0.15) is 19.8 Å². The average molecular weight is 262 g/mol. The third-order valence-corrected chi connectivity index (χ3v) is 4.03. The number of nitrogens with zero attached hydrogens (tertiary/aromatic N) is 2. The standard InChI is InChI=1S/C14H18N2O3/c1-14(18)7-11-10(6-12(14)19-2)13(17)16-5-3-4-9(16)8-15-11/h6-9,12,18H,3-5H2,1-2H3/t9-,12?,14?/m0/s1. The molecule has 0 spiro atoms. The molecule has 0 aromatic heterocycles. The quantitative estimate of drug-likeness (QED) is 0.755. The maximum absolute atomic E-state index is 12.5. The summed E-state index contributed by atoms with van der Waals surface area (Å²) in [7, 11) is 1.53. The van der Waals surface area contributed by atoms with E-state index in [1.165, 1.54) is 7.11 Å². The number of hydrogen-bond donors (Lipinski definition) is 1. The minimum Gasteiger partial charge on any atom is -0.383 e. The van der Waals surface area contributed by atoms with Crippen molar-refractivity contribution in [3.63, 3.8) is 0 Å². The van der Waals surface area contributed by atoms with Crippen molar-refractivity contribution in [2.24, 2.45) is 4.99 Å². The molecule has 0 saturated carbocycles. The van der Waals surface area contributed by atoms with Gasteiger partial charge in [-0.25, -0.2) is 0 Å². The van der Waals surface area contributed by atoms with E-state index in [1.54, 1.807) is 19.1 Å². The van der Waals surface area contributed by atoms with Crippen LogP contribution in [0, 0.1) is 0 Å². The molecule has 19 heavy (non-hydrogen) atoms. The van der Waals surface area contributed by atoms with Crippen LogP contribution in [0.5, 0.6) is 0 Å². The molecular weight excluding hydrogens is 244 g/mol. The van der Waals surface area contributed by atoms with Gasteiger partial charge in [-0.1, -0.05) is 0 Å². The fraction of sp³-hybridized carbons (Fsp3) is 0.571. The molecule has 3 atom stereocenters. The van der Waals surface area contributed by atoms with Gasteiger partial charge in [0.15, 0.2) is 0 Å². The second-order valence-electron chi connectivity index (χ2n) is 5.48. The number of carbonyl (C=O) groups is 1. The number of methoxy groups -OCH3 is 1. The third-order valence-electron chi connectivity index (χ3n) is 4.03. The van der Waals surface area contributed by atoms with E-state index in [4.69, 9.17) is 4.74 Å². The molecule has 102 valence electrons. The lowest BCUT2D eigenvalue weighted by molar-refractivity contribution is -0.126. The summed E-state index contributed by atoms with van der Waals surface area (Å²) in [5.74, 6) is -0.0104. The Hall–Kier alpha value is -1.46. The van der Waals surface area contributed by atoms with E-state index in [2.05, 4.69) is 4.99 Å². The van der Waals surface area contributed by atoms with E-state index in [0.717, 1.165) is 19.4 Å². The summed E-state index contributed by atoms with van der Waals surface area (Å²) < 4.78 is 5.26. The summed E-state index contributed by atoms with van der Waals surface area (Å²) in [6.45, 7) is 2.43. The molecule has 5 heteroatoms. The second kappa shape index (κ2) is 4.28. The first-order chi connectivity index (χ1) is 9.03. The molecule has 2 unspecified atom stereocenters. The van der Waals surface area contributed by atoms with Crippen molar-refractivity contribution in [3.8, 4) is 0 Å². The topological polar surface area (TPSA) is 62.1 Å². The van der Waals surface area contributed by atoms with Crippen LogP contribution in [0.4, 0.5) is 0 Å². The lowest BCUT2D eigenvalue weighted by Gasteiger charge is -2.32. The summed E-state index contributed by atoms with van der Waals surface area (Å²) >= 11 is 0. The lowest BCUT2D eigenvalue weighted by Crippen LogP contribution is -2.42. The summed E-state index contributed by atoms with van der Waals surface area (Å²) in [5, 5.41) is 10.3. The highest BCUT2D eigenvalue weighted by Gasteiger charge is 2.39. The van der Waals surface area contributed by atoms with Gasteiger partial charge in [0.1, 0.15) is 11.7 Å². The first-order valence-electron chi connectivity index (χ1n) is 6.58. The van der Waals surface area contributed by atoms with Crippen molar-refractivity contribution in [3.05, 3.63) is 23.4 Å². The van der Waals surface area contributed by atoms with Crippen molar-refractivity contribution in [2.45, 2.75) is 37.5 Å². The zero-order chi connectivity index (χ0) is 13.6. The number of carbonyl (C=O) groups excluding carboxylic acids is 1. The van der Waals surface area contributed by atoms with Gasteiger partial charge in [-0.05, 0) is 31.9 Å². The Kier molecular flexibility index (Phi) is 2.83. The Balaban J connectivity index is 2.05.